The normalized spacial score (nSPS) is 38.4. The monoisotopic (exact) mass is 212 g/mol. The molecule has 1 aliphatic carbocycles. The molecule has 3 heteroatoms. The highest BCUT2D eigenvalue weighted by molar-refractivity contribution is 4.88. The average molecular weight is 212 g/mol. The van der Waals surface area contributed by atoms with Gasteiger partial charge in [0.2, 0.25) is 0 Å². The number of nitrogens with two attached hydrogens (primary N) is 1. The van der Waals surface area contributed by atoms with Crippen LogP contribution in [0.25, 0.3) is 0 Å². The number of nitrogens with zero attached hydrogens (tertiary/aromatic N) is 1. The lowest BCUT2D eigenvalue weighted by Crippen LogP contribution is -2.44. The van der Waals surface area contributed by atoms with Crippen LogP contribution in [0.5, 0.6) is 0 Å². The van der Waals surface area contributed by atoms with E-state index in [1.54, 1.807) is 0 Å². The molecular formula is C12H24N2O. The second-order valence-electron chi connectivity index (χ2n) is 5.14. The van der Waals surface area contributed by atoms with E-state index in [4.69, 9.17) is 5.73 Å². The van der Waals surface area contributed by atoms with Crippen molar-refractivity contribution in [1.82, 2.24) is 4.90 Å². The number of aliphatic hydroxyl groups is 1. The Morgan fingerprint density at radius 1 is 1.20 bits per heavy atom. The van der Waals surface area contributed by atoms with E-state index in [1.807, 2.05) is 0 Å². The Bertz CT molecular complexity index is 198. The Morgan fingerprint density at radius 3 is 2.80 bits per heavy atom. The zero-order chi connectivity index (χ0) is 10.7. The van der Waals surface area contributed by atoms with Gasteiger partial charge in [0, 0.05) is 12.1 Å². The first kappa shape index (κ1) is 11.4. The molecule has 3 atom stereocenters. The minimum absolute atomic E-state index is 0.337. The van der Waals surface area contributed by atoms with Crippen molar-refractivity contribution in [3.05, 3.63) is 0 Å². The largest absolute Gasteiger partial charge is 0.395 e. The first-order chi connectivity index (χ1) is 7.35. The second kappa shape index (κ2) is 5.28. The lowest BCUT2D eigenvalue weighted by Gasteiger charge is -2.37. The van der Waals surface area contributed by atoms with Gasteiger partial charge in [-0.2, -0.15) is 0 Å². The van der Waals surface area contributed by atoms with Crippen molar-refractivity contribution in [3.63, 3.8) is 0 Å². The van der Waals surface area contributed by atoms with Crippen molar-refractivity contribution in [2.75, 3.05) is 19.7 Å². The number of likely N-dealkylation sites (tertiary alicyclic amines) is 1. The van der Waals surface area contributed by atoms with Gasteiger partial charge in [0.25, 0.3) is 0 Å². The molecule has 1 saturated carbocycles. The fraction of sp³-hybridized carbons (Fsp3) is 1.00. The van der Waals surface area contributed by atoms with Crippen LogP contribution in [0, 0.1) is 5.92 Å². The van der Waals surface area contributed by atoms with Gasteiger partial charge < -0.3 is 10.8 Å². The summed E-state index contributed by atoms with van der Waals surface area (Å²) >= 11 is 0. The molecule has 2 aliphatic rings. The first-order valence-corrected chi connectivity index (χ1v) is 6.41. The molecule has 0 spiro atoms. The Balaban J connectivity index is 1.91. The summed E-state index contributed by atoms with van der Waals surface area (Å²) in [6.45, 7) is 2.37. The molecule has 2 fully saturated rings. The molecule has 3 N–H and O–H groups in total. The van der Waals surface area contributed by atoms with Gasteiger partial charge in [-0.1, -0.05) is 6.42 Å². The maximum atomic E-state index is 9.32. The van der Waals surface area contributed by atoms with Crippen molar-refractivity contribution in [3.8, 4) is 0 Å². The van der Waals surface area contributed by atoms with Crippen LogP contribution in [0.1, 0.15) is 38.5 Å². The number of aliphatic hydroxyl groups excluding tert-OH is 1. The molecule has 15 heavy (non-hydrogen) atoms. The summed E-state index contributed by atoms with van der Waals surface area (Å²) in [5.74, 6) is 0.726. The van der Waals surface area contributed by atoms with E-state index in [1.165, 1.54) is 45.1 Å². The first-order valence-electron chi connectivity index (χ1n) is 6.41. The van der Waals surface area contributed by atoms with Gasteiger partial charge in [-0.15, -0.1) is 0 Å². The fourth-order valence-corrected chi connectivity index (χ4v) is 3.31. The Labute approximate surface area is 92.6 Å². The summed E-state index contributed by atoms with van der Waals surface area (Å²) in [7, 11) is 0. The van der Waals surface area contributed by atoms with Crippen LogP contribution in [-0.2, 0) is 0 Å². The van der Waals surface area contributed by atoms with Crippen LogP contribution in [0.3, 0.4) is 0 Å². The van der Waals surface area contributed by atoms with Crippen LogP contribution in [0.4, 0.5) is 0 Å². The molecule has 0 radical (unpaired) electrons. The topological polar surface area (TPSA) is 49.5 Å². The Hall–Kier alpha value is -0.120. The van der Waals surface area contributed by atoms with Crippen LogP contribution in [-0.4, -0.2) is 41.8 Å². The molecule has 3 nitrogen and oxygen atoms in total. The van der Waals surface area contributed by atoms with Gasteiger partial charge in [0.05, 0.1) is 6.61 Å². The summed E-state index contributed by atoms with van der Waals surface area (Å²) in [6.07, 6.45) is 7.64. The van der Waals surface area contributed by atoms with Crippen LogP contribution < -0.4 is 5.73 Å². The second-order valence-corrected chi connectivity index (χ2v) is 5.14. The van der Waals surface area contributed by atoms with Crippen molar-refractivity contribution in [2.24, 2.45) is 11.7 Å². The van der Waals surface area contributed by atoms with E-state index in [0.717, 1.165) is 12.5 Å². The van der Waals surface area contributed by atoms with Gasteiger partial charge >= 0.3 is 0 Å². The molecule has 88 valence electrons. The predicted molar refractivity (Wildman–Crippen MR) is 61.6 cm³/mol. The van der Waals surface area contributed by atoms with E-state index in [9.17, 15) is 5.11 Å². The third-order valence-corrected chi connectivity index (χ3v) is 4.19. The smallest absolute Gasteiger partial charge is 0.0586 e. The van der Waals surface area contributed by atoms with Crippen molar-refractivity contribution in [1.29, 1.82) is 0 Å². The van der Waals surface area contributed by atoms with Crippen LogP contribution in [0.15, 0.2) is 0 Å². The summed E-state index contributed by atoms with van der Waals surface area (Å²) < 4.78 is 0. The third kappa shape index (κ3) is 2.52. The molecule has 1 saturated heterocycles. The van der Waals surface area contributed by atoms with Crippen molar-refractivity contribution in [2.45, 2.75) is 50.6 Å². The molecule has 1 aliphatic heterocycles. The average Bonchev–Trinajstić information content (AvgIpc) is 2.77. The molecule has 0 bridgehead atoms. The van der Waals surface area contributed by atoms with E-state index >= 15 is 0 Å². The van der Waals surface area contributed by atoms with Crippen molar-refractivity contribution >= 4 is 0 Å². The zero-order valence-corrected chi connectivity index (χ0v) is 9.57. The van der Waals surface area contributed by atoms with Gasteiger partial charge in [-0.3, -0.25) is 4.90 Å². The van der Waals surface area contributed by atoms with Gasteiger partial charge in [0.1, 0.15) is 0 Å². The lowest BCUT2D eigenvalue weighted by molar-refractivity contribution is 0.0844. The van der Waals surface area contributed by atoms with Gasteiger partial charge in [-0.05, 0) is 51.1 Å². The molecule has 1 heterocycles. The molecule has 2 rings (SSSR count). The molecule has 0 aromatic heterocycles. The maximum Gasteiger partial charge on any atom is 0.0586 e. The van der Waals surface area contributed by atoms with Gasteiger partial charge in [0.15, 0.2) is 0 Å². The highest BCUT2D eigenvalue weighted by Gasteiger charge is 2.32. The predicted octanol–water partition coefficient (Wildman–Crippen LogP) is 0.961. The number of rotatable bonds is 3. The van der Waals surface area contributed by atoms with Crippen LogP contribution >= 0.6 is 0 Å². The Morgan fingerprint density at radius 2 is 2.07 bits per heavy atom. The maximum absolute atomic E-state index is 9.32. The van der Waals surface area contributed by atoms with Gasteiger partial charge in [-0.25, -0.2) is 0 Å². The quantitative estimate of drug-likeness (QED) is 0.732. The summed E-state index contributed by atoms with van der Waals surface area (Å²) in [5.41, 5.74) is 5.76. The summed E-state index contributed by atoms with van der Waals surface area (Å²) in [5, 5.41) is 9.32. The van der Waals surface area contributed by atoms with E-state index in [-0.39, 0.29) is 0 Å². The SMILES string of the molecule is NCC1CCCC(N2CCCC2CO)C1. The molecular weight excluding hydrogens is 188 g/mol. The minimum atomic E-state index is 0.337. The summed E-state index contributed by atoms with van der Waals surface area (Å²) in [6, 6.07) is 1.14. The Kier molecular flexibility index (Phi) is 4.00. The van der Waals surface area contributed by atoms with Crippen LogP contribution in [0.2, 0.25) is 0 Å². The van der Waals surface area contributed by atoms with E-state index < -0.39 is 0 Å². The highest BCUT2D eigenvalue weighted by Crippen LogP contribution is 2.31. The summed E-state index contributed by atoms with van der Waals surface area (Å²) in [4.78, 5) is 2.54. The fourth-order valence-electron chi connectivity index (χ4n) is 3.31. The third-order valence-electron chi connectivity index (χ3n) is 4.19. The minimum Gasteiger partial charge on any atom is -0.395 e. The molecule has 3 unspecified atom stereocenters. The molecule has 0 amide bonds. The van der Waals surface area contributed by atoms with E-state index in [2.05, 4.69) is 4.90 Å². The number of hydrogen-bond acceptors (Lipinski definition) is 3. The van der Waals surface area contributed by atoms with Crippen molar-refractivity contribution < 1.29 is 5.11 Å². The molecule has 0 aromatic carbocycles. The lowest BCUT2D eigenvalue weighted by atomic mass is 9.85. The van der Waals surface area contributed by atoms with E-state index in [0.29, 0.717) is 18.7 Å². The molecule has 0 aromatic rings. The highest BCUT2D eigenvalue weighted by atomic mass is 16.3. The number of hydrogen-bond donors (Lipinski definition) is 2. The standard InChI is InChI=1S/C12H24N2O/c13-8-10-3-1-4-11(7-10)14-6-2-5-12(14)9-15/h10-12,15H,1-9,13H2. The zero-order valence-electron chi connectivity index (χ0n) is 9.57.